The Morgan fingerprint density at radius 3 is 2.84 bits per heavy atom. The minimum atomic E-state index is -1.07. The molecular formula is C11H7BrN4O3. The number of pyridine rings is 1. The van der Waals surface area contributed by atoms with Gasteiger partial charge in [0.15, 0.2) is 16.1 Å². The average molecular weight is 323 g/mol. The molecule has 0 aliphatic carbocycles. The largest absolute Gasteiger partial charge is 0.478 e. The summed E-state index contributed by atoms with van der Waals surface area (Å²) in [6.07, 6.45) is 0. The van der Waals surface area contributed by atoms with Gasteiger partial charge < -0.3 is 15.3 Å². The Bertz CT molecular complexity index is 792. The van der Waals surface area contributed by atoms with E-state index in [4.69, 9.17) is 15.3 Å². The van der Waals surface area contributed by atoms with Crippen molar-refractivity contribution in [2.45, 2.75) is 0 Å². The molecule has 0 amide bonds. The van der Waals surface area contributed by atoms with E-state index in [0.29, 0.717) is 21.9 Å². The van der Waals surface area contributed by atoms with Crippen LogP contribution < -0.4 is 5.73 Å². The van der Waals surface area contributed by atoms with E-state index in [0.717, 1.165) is 0 Å². The molecule has 3 heterocycles. The van der Waals surface area contributed by atoms with Crippen LogP contribution in [0.2, 0.25) is 0 Å². The molecule has 3 rings (SSSR count). The first-order chi connectivity index (χ1) is 9.04. The third-order valence-electron chi connectivity index (χ3n) is 2.51. The second kappa shape index (κ2) is 4.09. The Kier molecular flexibility index (Phi) is 2.53. The molecule has 0 fully saturated rings. The van der Waals surface area contributed by atoms with Gasteiger partial charge in [-0.3, -0.25) is 0 Å². The SMILES string of the molecule is Nc1cc(C(=O)O)cc2nc(-c3ccc(Br)o3)nn12. The number of anilines is 1. The number of carbonyl (C=O) groups is 1. The lowest BCUT2D eigenvalue weighted by molar-refractivity contribution is 0.0697. The van der Waals surface area contributed by atoms with Crippen molar-refractivity contribution in [3.8, 4) is 11.6 Å². The summed E-state index contributed by atoms with van der Waals surface area (Å²) in [6.45, 7) is 0. The second-order valence-electron chi connectivity index (χ2n) is 3.78. The van der Waals surface area contributed by atoms with E-state index in [-0.39, 0.29) is 11.4 Å². The first-order valence-electron chi connectivity index (χ1n) is 5.20. The zero-order chi connectivity index (χ0) is 13.6. The summed E-state index contributed by atoms with van der Waals surface area (Å²) in [5.41, 5.74) is 6.16. The van der Waals surface area contributed by atoms with Crippen LogP contribution in [0.25, 0.3) is 17.2 Å². The van der Waals surface area contributed by atoms with Crippen LogP contribution in [-0.2, 0) is 0 Å². The number of nitrogens with two attached hydrogens (primary N) is 1. The molecule has 0 atom stereocenters. The maximum atomic E-state index is 10.9. The van der Waals surface area contributed by atoms with Gasteiger partial charge in [0.2, 0.25) is 5.82 Å². The summed E-state index contributed by atoms with van der Waals surface area (Å²) in [7, 11) is 0. The number of carboxylic acid groups (broad SMARTS) is 1. The number of hydrogen-bond acceptors (Lipinski definition) is 5. The molecule has 0 aromatic carbocycles. The van der Waals surface area contributed by atoms with Crippen LogP contribution in [0.15, 0.2) is 33.4 Å². The van der Waals surface area contributed by atoms with Crippen molar-refractivity contribution in [2.75, 3.05) is 5.73 Å². The van der Waals surface area contributed by atoms with Crippen molar-refractivity contribution in [2.24, 2.45) is 0 Å². The number of nitrogen functional groups attached to an aromatic ring is 1. The van der Waals surface area contributed by atoms with E-state index in [1.165, 1.54) is 16.6 Å². The predicted octanol–water partition coefficient (Wildman–Crippen LogP) is 2.03. The number of rotatable bonds is 2. The first-order valence-corrected chi connectivity index (χ1v) is 5.99. The quantitative estimate of drug-likeness (QED) is 0.747. The number of nitrogens with zero attached hydrogens (tertiary/aromatic N) is 3. The maximum Gasteiger partial charge on any atom is 0.335 e. The highest BCUT2D eigenvalue weighted by Crippen LogP contribution is 2.23. The van der Waals surface area contributed by atoms with E-state index in [1.807, 2.05) is 0 Å². The van der Waals surface area contributed by atoms with Crippen LogP contribution >= 0.6 is 15.9 Å². The Hall–Kier alpha value is -2.35. The number of furan rings is 1. The molecule has 96 valence electrons. The van der Waals surface area contributed by atoms with Crippen molar-refractivity contribution in [1.82, 2.24) is 14.6 Å². The zero-order valence-corrected chi connectivity index (χ0v) is 11.0. The molecule has 0 radical (unpaired) electrons. The lowest BCUT2D eigenvalue weighted by Crippen LogP contribution is -2.03. The number of aromatic nitrogens is 3. The van der Waals surface area contributed by atoms with Gasteiger partial charge in [-0.1, -0.05) is 0 Å². The molecule has 0 bridgehead atoms. The molecule has 3 aromatic heterocycles. The summed E-state index contributed by atoms with van der Waals surface area (Å²) in [4.78, 5) is 15.1. The van der Waals surface area contributed by atoms with E-state index in [1.54, 1.807) is 12.1 Å². The normalized spacial score (nSPS) is 11.0. The van der Waals surface area contributed by atoms with Crippen LogP contribution in [0.5, 0.6) is 0 Å². The predicted molar refractivity (Wildman–Crippen MR) is 69.8 cm³/mol. The molecule has 0 spiro atoms. The van der Waals surface area contributed by atoms with Gasteiger partial charge in [-0.2, -0.15) is 4.52 Å². The topological polar surface area (TPSA) is 107 Å². The number of fused-ring (bicyclic) bond motifs is 1. The number of halogens is 1. The second-order valence-corrected chi connectivity index (χ2v) is 4.56. The van der Waals surface area contributed by atoms with Gasteiger partial charge in [-0.15, -0.1) is 5.10 Å². The highest BCUT2D eigenvalue weighted by Gasteiger charge is 2.14. The number of carboxylic acids is 1. The molecule has 0 unspecified atom stereocenters. The molecule has 0 saturated heterocycles. The van der Waals surface area contributed by atoms with Gasteiger partial charge in [0.25, 0.3) is 0 Å². The van der Waals surface area contributed by atoms with E-state index in [9.17, 15) is 4.79 Å². The molecule has 0 aliphatic rings. The molecule has 19 heavy (non-hydrogen) atoms. The van der Waals surface area contributed by atoms with Gasteiger partial charge in [0.1, 0.15) is 5.82 Å². The Morgan fingerprint density at radius 1 is 1.42 bits per heavy atom. The number of aromatic carboxylic acids is 1. The Balaban J connectivity index is 2.20. The van der Waals surface area contributed by atoms with Gasteiger partial charge in [-0.25, -0.2) is 9.78 Å². The molecule has 7 nitrogen and oxygen atoms in total. The Morgan fingerprint density at radius 2 is 2.21 bits per heavy atom. The van der Waals surface area contributed by atoms with Gasteiger partial charge in [-0.05, 0) is 40.2 Å². The smallest absolute Gasteiger partial charge is 0.335 e. The van der Waals surface area contributed by atoms with E-state index < -0.39 is 5.97 Å². The maximum absolute atomic E-state index is 10.9. The van der Waals surface area contributed by atoms with Gasteiger partial charge >= 0.3 is 5.97 Å². The molecular weight excluding hydrogens is 316 g/mol. The van der Waals surface area contributed by atoms with Crippen molar-refractivity contribution in [1.29, 1.82) is 0 Å². The fourth-order valence-electron chi connectivity index (χ4n) is 1.67. The molecule has 3 N–H and O–H groups in total. The molecule has 0 saturated carbocycles. The summed E-state index contributed by atoms with van der Waals surface area (Å²) < 4.78 is 7.25. The van der Waals surface area contributed by atoms with Crippen LogP contribution in [0.1, 0.15) is 10.4 Å². The van der Waals surface area contributed by atoms with Crippen molar-refractivity contribution in [3.63, 3.8) is 0 Å². The standard InChI is InChI=1S/C11H7BrN4O3/c12-7-2-1-6(19-7)10-14-9-4-5(11(17)18)3-8(13)16(9)15-10/h1-4H,13H2,(H,17,18). The molecule has 0 aliphatic heterocycles. The van der Waals surface area contributed by atoms with Crippen LogP contribution in [0.4, 0.5) is 5.82 Å². The molecule has 3 aromatic rings. The summed E-state index contributed by atoms with van der Waals surface area (Å²) in [6, 6.07) is 6.14. The summed E-state index contributed by atoms with van der Waals surface area (Å²) >= 11 is 3.19. The van der Waals surface area contributed by atoms with Crippen LogP contribution in [0.3, 0.4) is 0 Å². The van der Waals surface area contributed by atoms with Crippen LogP contribution in [-0.4, -0.2) is 25.7 Å². The van der Waals surface area contributed by atoms with Gasteiger partial charge in [0, 0.05) is 0 Å². The highest BCUT2D eigenvalue weighted by molar-refractivity contribution is 9.10. The average Bonchev–Trinajstić information content (AvgIpc) is 2.94. The third kappa shape index (κ3) is 1.95. The van der Waals surface area contributed by atoms with Crippen molar-refractivity contribution >= 4 is 33.4 Å². The lowest BCUT2D eigenvalue weighted by atomic mass is 10.2. The third-order valence-corrected chi connectivity index (χ3v) is 2.93. The van der Waals surface area contributed by atoms with Crippen LogP contribution in [0, 0.1) is 0 Å². The first kappa shape index (κ1) is 11.7. The van der Waals surface area contributed by atoms with E-state index in [2.05, 4.69) is 26.0 Å². The summed E-state index contributed by atoms with van der Waals surface area (Å²) in [5.74, 6) is -0.0782. The fourth-order valence-corrected chi connectivity index (χ4v) is 1.98. The minimum Gasteiger partial charge on any atom is -0.478 e. The fraction of sp³-hybridized carbons (Fsp3) is 0. The Labute approximate surface area is 114 Å². The monoisotopic (exact) mass is 322 g/mol. The summed E-state index contributed by atoms with van der Waals surface area (Å²) in [5, 5.41) is 13.1. The van der Waals surface area contributed by atoms with E-state index >= 15 is 0 Å². The van der Waals surface area contributed by atoms with Gasteiger partial charge in [0.05, 0.1) is 5.56 Å². The zero-order valence-electron chi connectivity index (χ0n) is 9.37. The van der Waals surface area contributed by atoms with Crippen molar-refractivity contribution in [3.05, 3.63) is 34.5 Å². The molecule has 8 heteroatoms. The lowest BCUT2D eigenvalue weighted by Gasteiger charge is -1.99. The van der Waals surface area contributed by atoms with Crippen molar-refractivity contribution < 1.29 is 14.3 Å². The number of hydrogen-bond donors (Lipinski definition) is 2. The minimum absolute atomic E-state index is 0.0598. The highest BCUT2D eigenvalue weighted by atomic mass is 79.9.